The highest BCUT2D eigenvalue weighted by Gasteiger charge is 2.31. The molecule has 4 aromatic rings. The Balaban J connectivity index is 2.21. The van der Waals surface area contributed by atoms with Crippen LogP contribution < -0.4 is 9.86 Å². The maximum atomic E-state index is 12.5. The summed E-state index contributed by atoms with van der Waals surface area (Å²) in [6.07, 6.45) is 1.49. The van der Waals surface area contributed by atoms with Gasteiger partial charge in [0.25, 0.3) is 0 Å². The van der Waals surface area contributed by atoms with Crippen molar-refractivity contribution in [1.82, 2.24) is 35.3 Å². The van der Waals surface area contributed by atoms with Gasteiger partial charge in [-0.05, 0) is 30.0 Å². The molecule has 14 heteroatoms. The van der Waals surface area contributed by atoms with E-state index in [9.17, 15) is 16.8 Å². The number of imidazole rings is 1. The molecule has 0 spiro atoms. The van der Waals surface area contributed by atoms with Gasteiger partial charge >= 0.3 is 0 Å². The van der Waals surface area contributed by atoms with E-state index in [-0.39, 0.29) is 11.4 Å². The summed E-state index contributed by atoms with van der Waals surface area (Å²) in [5.74, 6) is -0.135. The fourth-order valence-electron chi connectivity index (χ4n) is 3.06. The van der Waals surface area contributed by atoms with Crippen LogP contribution in [-0.4, -0.2) is 54.5 Å². The van der Waals surface area contributed by atoms with E-state index in [1.54, 1.807) is 18.2 Å². The van der Waals surface area contributed by atoms with Gasteiger partial charge in [-0.25, -0.2) is 31.7 Å². The first-order valence-electron chi connectivity index (χ1n) is 8.03. The van der Waals surface area contributed by atoms with Crippen molar-refractivity contribution >= 4 is 31.1 Å². The number of nitrogens with two attached hydrogens (primary N) is 1. The fourth-order valence-corrected chi connectivity index (χ4v) is 5.39. The summed E-state index contributed by atoms with van der Waals surface area (Å²) in [6.45, 7) is 0. The first-order valence-corrected chi connectivity index (χ1v) is 11.1. The number of para-hydroxylation sites is 1. The molecular weight excluding hydrogens is 420 g/mol. The van der Waals surface area contributed by atoms with E-state index in [1.165, 1.54) is 12.4 Å². The summed E-state index contributed by atoms with van der Waals surface area (Å²) < 4.78 is 52.1. The van der Waals surface area contributed by atoms with Crippen LogP contribution in [0.15, 0.2) is 46.5 Å². The third-order valence-corrected chi connectivity index (χ3v) is 6.85. The number of rotatable bonds is 5. The number of nitrogens with zero attached hydrogens (tertiary/aromatic N) is 4. The molecule has 0 fully saturated rings. The van der Waals surface area contributed by atoms with Crippen molar-refractivity contribution in [3.05, 3.63) is 36.7 Å². The minimum atomic E-state index is -4.52. The van der Waals surface area contributed by atoms with E-state index in [2.05, 4.69) is 35.3 Å². The molecule has 0 atom stereocenters. The number of hydrogen-bond acceptors (Lipinski definition) is 8. The Kier molecular flexibility index (Phi) is 4.42. The molecule has 0 saturated heterocycles. The van der Waals surface area contributed by atoms with Gasteiger partial charge in [0.1, 0.15) is 9.79 Å². The maximum absolute atomic E-state index is 12.5. The quantitative estimate of drug-likeness (QED) is 0.336. The molecule has 0 amide bonds. The lowest BCUT2D eigenvalue weighted by Gasteiger charge is -2.16. The monoisotopic (exact) mass is 434 g/mol. The van der Waals surface area contributed by atoms with E-state index in [0.29, 0.717) is 22.2 Å². The lowest BCUT2D eigenvalue weighted by Crippen LogP contribution is -2.24. The first kappa shape index (κ1) is 19.1. The van der Waals surface area contributed by atoms with E-state index in [0.717, 1.165) is 13.1 Å². The zero-order valence-electron chi connectivity index (χ0n) is 14.8. The molecule has 150 valence electrons. The molecule has 0 radical (unpaired) electrons. The predicted molar refractivity (Wildman–Crippen MR) is 102 cm³/mol. The van der Waals surface area contributed by atoms with Gasteiger partial charge in [0.2, 0.25) is 25.9 Å². The molecule has 2 aromatic heterocycles. The van der Waals surface area contributed by atoms with Gasteiger partial charge in [0.15, 0.2) is 0 Å². The molecule has 0 unspecified atom stereocenters. The number of hydrogen-bond donors (Lipinski definition) is 4. The van der Waals surface area contributed by atoms with E-state index >= 15 is 0 Å². The molecule has 2 aromatic carbocycles. The highest BCUT2D eigenvalue weighted by molar-refractivity contribution is 7.92. The molecule has 12 nitrogen and oxygen atoms in total. The number of aromatic nitrogens is 6. The number of nitrogens with one attached hydrogen (secondary N) is 3. The zero-order chi connectivity index (χ0) is 20.8. The second-order valence-corrected chi connectivity index (χ2v) is 9.26. The molecule has 4 rings (SSSR count). The summed E-state index contributed by atoms with van der Waals surface area (Å²) in [5.41, 5.74) is 1.99. The summed E-state index contributed by atoms with van der Waals surface area (Å²) in [7, 11) is -7.53. The normalized spacial score (nSPS) is 12.5. The Bertz CT molecular complexity index is 1430. The van der Waals surface area contributed by atoms with Crippen molar-refractivity contribution in [3.63, 3.8) is 0 Å². The molecule has 29 heavy (non-hydrogen) atoms. The third-order valence-electron chi connectivity index (χ3n) is 4.27. The Morgan fingerprint density at radius 1 is 1.07 bits per heavy atom. The van der Waals surface area contributed by atoms with Crippen LogP contribution in [0, 0.1) is 0 Å². The van der Waals surface area contributed by atoms with Crippen molar-refractivity contribution in [2.75, 3.05) is 7.05 Å². The van der Waals surface area contributed by atoms with Crippen LogP contribution in [-0.2, 0) is 20.0 Å². The molecule has 0 aliphatic carbocycles. The first-order chi connectivity index (χ1) is 13.7. The van der Waals surface area contributed by atoms with Crippen LogP contribution in [0.2, 0.25) is 0 Å². The third kappa shape index (κ3) is 3.17. The lowest BCUT2D eigenvalue weighted by atomic mass is 9.98. The van der Waals surface area contributed by atoms with Crippen molar-refractivity contribution in [2.24, 2.45) is 5.14 Å². The number of H-pyrrole nitrogens is 2. The smallest absolute Gasteiger partial charge is 0.241 e. The minimum absolute atomic E-state index is 0.104. The van der Waals surface area contributed by atoms with Crippen LogP contribution in [0.4, 0.5) is 0 Å². The number of benzene rings is 2. The van der Waals surface area contributed by atoms with Crippen molar-refractivity contribution in [2.45, 2.75) is 9.79 Å². The zero-order valence-corrected chi connectivity index (χ0v) is 16.4. The summed E-state index contributed by atoms with van der Waals surface area (Å²) in [5, 5.41) is 18.8. The second-order valence-electron chi connectivity index (χ2n) is 5.91. The number of fused-ring (bicyclic) bond motifs is 1. The maximum Gasteiger partial charge on any atom is 0.241 e. The van der Waals surface area contributed by atoms with E-state index < -0.39 is 29.8 Å². The number of aromatic amines is 2. The fraction of sp³-hybridized carbons (Fsp3) is 0.0667. The molecular formula is C15H14N8O4S2. The van der Waals surface area contributed by atoms with Crippen molar-refractivity contribution in [1.29, 1.82) is 0 Å². The van der Waals surface area contributed by atoms with Gasteiger partial charge in [0, 0.05) is 5.56 Å². The van der Waals surface area contributed by atoms with Crippen LogP contribution in [0.1, 0.15) is 0 Å². The van der Waals surface area contributed by atoms with Crippen LogP contribution in [0.3, 0.4) is 0 Å². The van der Waals surface area contributed by atoms with Crippen molar-refractivity contribution in [3.8, 4) is 22.5 Å². The largest absolute Gasteiger partial charge is 0.345 e. The highest BCUT2D eigenvalue weighted by Crippen LogP contribution is 2.40. The topological polar surface area (TPSA) is 189 Å². The highest BCUT2D eigenvalue weighted by atomic mass is 32.2. The average molecular weight is 434 g/mol. The summed E-state index contributed by atoms with van der Waals surface area (Å²) in [4.78, 5) is 6.06. The number of sulfonamides is 2. The Labute approximate surface area is 164 Å². The minimum Gasteiger partial charge on any atom is -0.345 e. The second kappa shape index (κ2) is 6.70. The predicted octanol–water partition coefficient (Wildman–Crippen LogP) is -0.0345. The molecule has 0 bridgehead atoms. The van der Waals surface area contributed by atoms with Gasteiger partial charge in [-0.1, -0.05) is 18.2 Å². The number of tetrazole rings is 1. The van der Waals surface area contributed by atoms with Crippen molar-refractivity contribution < 1.29 is 16.8 Å². The molecule has 0 saturated carbocycles. The van der Waals surface area contributed by atoms with Crippen LogP contribution in [0.25, 0.3) is 33.5 Å². The van der Waals surface area contributed by atoms with Gasteiger partial charge in [-0.2, -0.15) is 5.21 Å². The number of primary sulfonamides is 1. The van der Waals surface area contributed by atoms with E-state index in [1.807, 2.05) is 0 Å². The molecule has 2 heterocycles. The van der Waals surface area contributed by atoms with Crippen LogP contribution >= 0.6 is 0 Å². The Morgan fingerprint density at radius 3 is 2.52 bits per heavy atom. The summed E-state index contributed by atoms with van der Waals surface area (Å²) >= 11 is 0. The lowest BCUT2D eigenvalue weighted by molar-refractivity contribution is 0.578. The molecule has 5 N–H and O–H groups in total. The van der Waals surface area contributed by atoms with E-state index in [4.69, 9.17) is 5.14 Å². The SMILES string of the molecule is CNS(=O)(=O)c1ccc(-c2cccc3[nH]cnc23)c(-c2nn[nH]n2)c1S(N)(=O)=O. The summed E-state index contributed by atoms with van der Waals surface area (Å²) in [6, 6.07) is 7.86. The average Bonchev–Trinajstić information content (AvgIpc) is 3.37. The van der Waals surface area contributed by atoms with Gasteiger partial charge in [-0.3, -0.25) is 0 Å². The van der Waals surface area contributed by atoms with Gasteiger partial charge in [-0.15, -0.1) is 10.2 Å². The van der Waals surface area contributed by atoms with Gasteiger partial charge < -0.3 is 4.98 Å². The Morgan fingerprint density at radius 2 is 1.86 bits per heavy atom. The Hall–Kier alpha value is -3.20. The van der Waals surface area contributed by atoms with Crippen LogP contribution in [0.5, 0.6) is 0 Å². The standard InChI is InChI=1S/C15H14N8O4S2/c1-17-29(26,27)11-6-5-8(9-3-2-4-10-13(9)19-7-18-10)12(14(11)28(16,24)25)15-20-22-23-21-15/h2-7,17H,1H3,(H,18,19)(H2,16,24,25)(H,20,21,22,23). The molecule has 0 aliphatic heterocycles. The van der Waals surface area contributed by atoms with Gasteiger partial charge in [0.05, 0.1) is 22.9 Å². The molecule has 0 aliphatic rings.